The van der Waals surface area contributed by atoms with Crippen molar-refractivity contribution in [2.75, 3.05) is 6.61 Å². The number of benzene rings is 2. The molecule has 0 heterocycles. The molecule has 1 amide bonds. The van der Waals surface area contributed by atoms with Gasteiger partial charge in [0.25, 0.3) is 11.6 Å². The normalized spacial score (nSPS) is 11.4. The first-order valence-electron chi connectivity index (χ1n) is 8.27. The zero-order valence-electron chi connectivity index (χ0n) is 14.4. The van der Waals surface area contributed by atoms with Crippen molar-refractivity contribution in [1.29, 1.82) is 0 Å². The summed E-state index contributed by atoms with van der Waals surface area (Å²) in [7, 11) is 0. The zero-order chi connectivity index (χ0) is 18.9. The summed E-state index contributed by atoms with van der Waals surface area (Å²) in [6, 6.07) is 14.6. The molecule has 0 aliphatic carbocycles. The molecule has 0 aliphatic heterocycles. The van der Waals surface area contributed by atoms with Gasteiger partial charge in [0, 0.05) is 12.1 Å². The summed E-state index contributed by atoms with van der Waals surface area (Å²) in [5, 5.41) is 13.6. The van der Waals surface area contributed by atoms with Gasteiger partial charge in [-0.2, -0.15) is 0 Å². The van der Waals surface area contributed by atoms with E-state index in [0.717, 1.165) is 24.5 Å². The summed E-state index contributed by atoms with van der Waals surface area (Å²) in [6.45, 7) is 1.57. The molecule has 2 aromatic rings. The van der Waals surface area contributed by atoms with Crippen LogP contribution in [0.5, 0.6) is 0 Å². The van der Waals surface area contributed by atoms with Gasteiger partial charge in [-0.15, -0.1) is 0 Å². The Bertz CT molecular complexity index is 777. The van der Waals surface area contributed by atoms with Crippen molar-refractivity contribution in [2.45, 2.75) is 25.8 Å². The fraction of sp³-hybridized carbons (Fsp3) is 0.263. The van der Waals surface area contributed by atoms with Crippen LogP contribution in [0.3, 0.4) is 0 Å². The number of nitro benzene ring substituents is 1. The molecule has 0 radical (unpaired) electrons. The number of nitro groups is 1. The molecule has 7 nitrogen and oxygen atoms in total. The number of hydrogen-bond acceptors (Lipinski definition) is 5. The Labute approximate surface area is 151 Å². The van der Waals surface area contributed by atoms with Crippen LogP contribution < -0.4 is 5.32 Å². The van der Waals surface area contributed by atoms with Gasteiger partial charge in [0.2, 0.25) is 0 Å². The number of amides is 1. The summed E-state index contributed by atoms with van der Waals surface area (Å²) >= 11 is 0. The van der Waals surface area contributed by atoms with Crippen LogP contribution in [0.15, 0.2) is 54.6 Å². The number of hydrogen-bond donors (Lipinski definition) is 1. The van der Waals surface area contributed by atoms with Gasteiger partial charge < -0.3 is 10.1 Å². The fourth-order valence-electron chi connectivity index (χ4n) is 2.49. The minimum Gasteiger partial charge on any atom is -0.452 e. The third-order valence-corrected chi connectivity index (χ3v) is 3.74. The summed E-state index contributed by atoms with van der Waals surface area (Å²) in [5.41, 5.74) is 0.795. The third kappa shape index (κ3) is 5.41. The van der Waals surface area contributed by atoms with Crippen molar-refractivity contribution in [2.24, 2.45) is 0 Å². The zero-order valence-corrected chi connectivity index (χ0v) is 14.4. The molecular formula is C19H20N2O5. The number of nitrogens with one attached hydrogen (secondary N) is 1. The fourth-order valence-corrected chi connectivity index (χ4v) is 2.49. The highest BCUT2D eigenvalue weighted by Crippen LogP contribution is 2.18. The van der Waals surface area contributed by atoms with E-state index >= 15 is 0 Å². The molecule has 2 aromatic carbocycles. The number of carbonyl (C=O) groups excluding carboxylic acids is 2. The van der Waals surface area contributed by atoms with Gasteiger partial charge in [-0.1, -0.05) is 49.7 Å². The SMILES string of the molecule is CCCC(NC(=O)COC(=O)c1cccc([N+](=O)[O-])c1)c1ccccc1. The Morgan fingerprint density at radius 2 is 1.88 bits per heavy atom. The van der Waals surface area contributed by atoms with Gasteiger partial charge in [-0.25, -0.2) is 4.79 Å². The standard InChI is InChI=1S/C19H20N2O5/c1-2-7-17(14-8-4-3-5-9-14)20-18(22)13-26-19(23)15-10-6-11-16(12-15)21(24)25/h3-6,8-12,17H,2,7,13H2,1H3,(H,20,22). The van der Waals surface area contributed by atoms with E-state index in [2.05, 4.69) is 5.32 Å². The van der Waals surface area contributed by atoms with Crippen LogP contribution >= 0.6 is 0 Å². The minimum absolute atomic E-state index is 0.0279. The monoisotopic (exact) mass is 356 g/mol. The lowest BCUT2D eigenvalue weighted by Gasteiger charge is -2.18. The topological polar surface area (TPSA) is 98.5 Å². The molecule has 0 saturated heterocycles. The van der Waals surface area contributed by atoms with Crippen LogP contribution in [-0.2, 0) is 9.53 Å². The summed E-state index contributed by atoms with van der Waals surface area (Å²) in [5.74, 6) is -1.21. The second-order valence-corrected chi connectivity index (χ2v) is 5.70. The maximum Gasteiger partial charge on any atom is 0.338 e. The summed E-state index contributed by atoms with van der Waals surface area (Å²) in [4.78, 5) is 34.2. The Morgan fingerprint density at radius 3 is 2.54 bits per heavy atom. The molecule has 1 atom stereocenters. The van der Waals surface area contributed by atoms with Crippen LogP contribution in [0.4, 0.5) is 5.69 Å². The highest BCUT2D eigenvalue weighted by atomic mass is 16.6. The maximum atomic E-state index is 12.1. The van der Waals surface area contributed by atoms with Crippen molar-refractivity contribution in [3.63, 3.8) is 0 Å². The quantitative estimate of drug-likeness (QED) is 0.444. The van der Waals surface area contributed by atoms with Gasteiger partial charge in [0.05, 0.1) is 16.5 Å². The first-order chi connectivity index (χ1) is 12.5. The van der Waals surface area contributed by atoms with Crippen LogP contribution in [-0.4, -0.2) is 23.4 Å². The number of carbonyl (C=O) groups is 2. The van der Waals surface area contributed by atoms with Gasteiger partial charge in [-0.05, 0) is 18.1 Å². The Balaban J connectivity index is 1.93. The van der Waals surface area contributed by atoms with Gasteiger partial charge >= 0.3 is 5.97 Å². The third-order valence-electron chi connectivity index (χ3n) is 3.74. The predicted molar refractivity (Wildman–Crippen MR) is 95.6 cm³/mol. The van der Waals surface area contributed by atoms with Crippen molar-refractivity contribution in [3.05, 3.63) is 75.8 Å². The van der Waals surface area contributed by atoms with Crippen LogP contribution in [0, 0.1) is 10.1 Å². The second kappa shape index (κ2) is 9.31. The van der Waals surface area contributed by atoms with Gasteiger partial charge in [-0.3, -0.25) is 14.9 Å². The van der Waals surface area contributed by atoms with Crippen molar-refractivity contribution < 1.29 is 19.2 Å². The van der Waals surface area contributed by atoms with E-state index in [-0.39, 0.29) is 17.3 Å². The van der Waals surface area contributed by atoms with Crippen LogP contribution in [0.25, 0.3) is 0 Å². The smallest absolute Gasteiger partial charge is 0.338 e. The molecule has 2 rings (SSSR count). The summed E-state index contributed by atoms with van der Waals surface area (Å²) < 4.78 is 4.97. The molecule has 0 bridgehead atoms. The molecule has 0 aromatic heterocycles. The highest BCUT2D eigenvalue weighted by molar-refractivity contribution is 5.92. The van der Waals surface area contributed by atoms with E-state index < -0.39 is 23.4 Å². The molecule has 1 unspecified atom stereocenters. The lowest BCUT2D eigenvalue weighted by molar-refractivity contribution is -0.384. The predicted octanol–water partition coefficient (Wildman–Crippen LogP) is 3.41. The molecular weight excluding hydrogens is 336 g/mol. The first-order valence-corrected chi connectivity index (χ1v) is 8.27. The molecule has 1 N–H and O–H groups in total. The number of rotatable bonds is 8. The van der Waals surface area contributed by atoms with Gasteiger partial charge in [0.15, 0.2) is 6.61 Å². The van der Waals surface area contributed by atoms with Crippen LogP contribution in [0.2, 0.25) is 0 Å². The maximum absolute atomic E-state index is 12.1. The number of ether oxygens (including phenoxy) is 1. The molecule has 0 spiro atoms. The average Bonchev–Trinajstić information content (AvgIpc) is 2.66. The van der Waals surface area contributed by atoms with E-state index in [1.807, 2.05) is 37.3 Å². The van der Waals surface area contributed by atoms with Crippen molar-refractivity contribution >= 4 is 17.6 Å². The van der Waals surface area contributed by atoms with Crippen LogP contribution in [0.1, 0.15) is 41.7 Å². The van der Waals surface area contributed by atoms with E-state index in [4.69, 9.17) is 4.74 Å². The number of esters is 1. The number of non-ortho nitro benzene ring substituents is 1. The molecule has 26 heavy (non-hydrogen) atoms. The van der Waals surface area contributed by atoms with E-state index in [0.29, 0.717) is 0 Å². The second-order valence-electron chi connectivity index (χ2n) is 5.70. The largest absolute Gasteiger partial charge is 0.452 e. The average molecular weight is 356 g/mol. The number of nitrogens with zero attached hydrogens (tertiary/aromatic N) is 1. The van der Waals surface area contributed by atoms with Crippen molar-refractivity contribution in [1.82, 2.24) is 5.32 Å². The van der Waals surface area contributed by atoms with E-state index in [1.54, 1.807) is 0 Å². The molecule has 136 valence electrons. The van der Waals surface area contributed by atoms with Gasteiger partial charge in [0.1, 0.15) is 0 Å². The Morgan fingerprint density at radius 1 is 1.15 bits per heavy atom. The Kier molecular flexibility index (Phi) is 6.84. The lowest BCUT2D eigenvalue weighted by atomic mass is 10.0. The Hall–Kier alpha value is -3.22. The first kappa shape index (κ1) is 19.1. The summed E-state index contributed by atoms with van der Waals surface area (Å²) in [6.07, 6.45) is 1.64. The molecule has 0 fully saturated rings. The van der Waals surface area contributed by atoms with Crippen molar-refractivity contribution in [3.8, 4) is 0 Å². The molecule has 0 aliphatic rings. The molecule has 7 heteroatoms. The highest BCUT2D eigenvalue weighted by Gasteiger charge is 2.17. The van der Waals surface area contributed by atoms with E-state index in [9.17, 15) is 19.7 Å². The molecule has 0 saturated carbocycles. The van der Waals surface area contributed by atoms with E-state index in [1.165, 1.54) is 18.2 Å². The lowest BCUT2D eigenvalue weighted by Crippen LogP contribution is -2.32. The minimum atomic E-state index is -0.782.